The van der Waals surface area contributed by atoms with Gasteiger partial charge in [-0.25, -0.2) is 0 Å². The summed E-state index contributed by atoms with van der Waals surface area (Å²) in [6.07, 6.45) is 2.27. The zero-order valence-corrected chi connectivity index (χ0v) is 17.0. The molecule has 0 unspecified atom stereocenters. The molecule has 0 fully saturated rings. The summed E-state index contributed by atoms with van der Waals surface area (Å²) in [6, 6.07) is 19.9. The third kappa shape index (κ3) is 3.71. The van der Waals surface area contributed by atoms with Gasteiger partial charge in [0.1, 0.15) is 12.0 Å². The van der Waals surface area contributed by atoms with Crippen LogP contribution in [-0.4, -0.2) is 27.5 Å². The second kappa shape index (κ2) is 8.01. The fourth-order valence-corrected chi connectivity index (χ4v) is 3.71. The molecule has 0 aliphatic carbocycles. The SMILES string of the molecule is C=C(C1=[N+]([O-])O[C@@H](C(=O)c2ccc(Br)cc2)[C@@H]1c1ccncc1)c1ccccc1. The van der Waals surface area contributed by atoms with Crippen molar-refractivity contribution in [1.82, 2.24) is 4.98 Å². The highest BCUT2D eigenvalue weighted by molar-refractivity contribution is 9.10. The molecule has 2 atom stereocenters. The minimum Gasteiger partial charge on any atom is -0.390 e. The Bertz CT molecular complexity index is 1080. The van der Waals surface area contributed by atoms with Gasteiger partial charge < -0.3 is 4.84 Å². The number of aromatic nitrogens is 1. The lowest BCUT2D eigenvalue weighted by Crippen LogP contribution is -2.30. The Labute approximate surface area is 176 Å². The van der Waals surface area contributed by atoms with Gasteiger partial charge in [-0.1, -0.05) is 65.0 Å². The van der Waals surface area contributed by atoms with Crippen LogP contribution < -0.4 is 0 Å². The Balaban J connectivity index is 1.77. The molecule has 1 aromatic heterocycles. The number of hydrogen-bond donors (Lipinski definition) is 0. The Hall–Kier alpha value is -3.25. The molecule has 3 aromatic rings. The van der Waals surface area contributed by atoms with Crippen molar-refractivity contribution in [2.45, 2.75) is 12.0 Å². The number of rotatable bonds is 5. The fourth-order valence-electron chi connectivity index (χ4n) is 3.44. The third-order valence-corrected chi connectivity index (χ3v) is 5.42. The average Bonchev–Trinajstić information content (AvgIpc) is 3.11. The number of carbonyl (C=O) groups excluding carboxylic acids is 1. The van der Waals surface area contributed by atoms with Gasteiger partial charge in [0.2, 0.25) is 0 Å². The molecule has 2 aromatic carbocycles. The molecule has 29 heavy (non-hydrogen) atoms. The van der Waals surface area contributed by atoms with E-state index in [4.69, 9.17) is 4.84 Å². The van der Waals surface area contributed by atoms with Crippen molar-refractivity contribution < 1.29 is 14.5 Å². The van der Waals surface area contributed by atoms with Crippen molar-refractivity contribution in [3.05, 3.63) is 112 Å². The van der Waals surface area contributed by atoms with Crippen molar-refractivity contribution >= 4 is 33.0 Å². The molecule has 0 saturated heterocycles. The lowest BCUT2D eigenvalue weighted by atomic mass is 9.82. The summed E-state index contributed by atoms with van der Waals surface area (Å²) in [7, 11) is 0. The smallest absolute Gasteiger partial charge is 0.261 e. The quantitative estimate of drug-likeness (QED) is 0.415. The van der Waals surface area contributed by atoms with Crippen LogP contribution in [0.25, 0.3) is 5.57 Å². The van der Waals surface area contributed by atoms with Gasteiger partial charge in [0, 0.05) is 32.9 Å². The first-order valence-corrected chi connectivity index (χ1v) is 9.81. The number of hydrogen-bond acceptors (Lipinski definition) is 4. The van der Waals surface area contributed by atoms with Crippen molar-refractivity contribution in [3.63, 3.8) is 0 Å². The zero-order chi connectivity index (χ0) is 20.4. The summed E-state index contributed by atoms with van der Waals surface area (Å²) in [5, 5.41) is 12.8. The highest BCUT2D eigenvalue weighted by atomic mass is 79.9. The van der Waals surface area contributed by atoms with Crippen molar-refractivity contribution in [1.29, 1.82) is 0 Å². The van der Waals surface area contributed by atoms with Crippen LogP contribution >= 0.6 is 15.9 Å². The van der Waals surface area contributed by atoms with E-state index in [-0.39, 0.29) is 5.78 Å². The fraction of sp³-hybridized carbons (Fsp3) is 0.0870. The Kier molecular flexibility index (Phi) is 5.27. The molecule has 5 nitrogen and oxygen atoms in total. The van der Waals surface area contributed by atoms with E-state index in [2.05, 4.69) is 27.5 Å². The molecule has 0 radical (unpaired) electrons. The average molecular weight is 449 g/mol. The number of allylic oxidation sites excluding steroid dienone is 1. The maximum Gasteiger partial charge on any atom is 0.261 e. The minimum absolute atomic E-state index is 0.268. The van der Waals surface area contributed by atoms with E-state index in [9.17, 15) is 10.0 Å². The van der Waals surface area contributed by atoms with E-state index in [1.54, 1.807) is 48.8 Å². The van der Waals surface area contributed by atoms with Crippen LogP contribution in [-0.2, 0) is 4.84 Å². The Morgan fingerprint density at radius 2 is 1.66 bits per heavy atom. The monoisotopic (exact) mass is 448 g/mol. The maximum absolute atomic E-state index is 13.2. The second-order valence-electron chi connectivity index (χ2n) is 6.64. The van der Waals surface area contributed by atoms with E-state index < -0.39 is 12.0 Å². The summed E-state index contributed by atoms with van der Waals surface area (Å²) in [5.41, 5.74) is 2.87. The number of ketones is 1. The van der Waals surface area contributed by atoms with Gasteiger partial charge in [0.15, 0.2) is 5.78 Å². The first kappa shape index (κ1) is 19.1. The molecule has 6 heteroatoms. The zero-order valence-electron chi connectivity index (χ0n) is 15.4. The van der Waals surface area contributed by atoms with Crippen LogP contribution in [0.15, 0.2) is 90.2 Å². The van der Waals surface area contributed by atoms with Gasteiger partial charge in [-0.3, -0.25) is 15.0 Å². The van der Waals surface area contributed by atoms with Crippen LogP contribution in [0.4, 0.5) is 0 Å². The largest absolute Gasteiger partial charge is 0.390 e. The highest BCUT2D eigenvalue weighted by Crippen LogP contribution is 2.36. The van der Waals surface area contributed by atoms with Crippen molar-refractivity contribution in [2.24, 2.45) is 0 Å². The molecule has 0 N–H and O–H groups in total. The predicted molar refractivity (Wildman–Crippen MR) is 114 cm³/mol. The van der Waals surface area contributed by atoms with Gasteiger partial charge in [-0.15, -0.1) is 0 Å². The first-order valence-electron chi connectivity index (χ1n) is 9.01. The summed E-state index contributed by atoms with van der Waals surface area (Å²) in [4.78, 5) is 23.2. The number of Topliss-reactive ketones (excluding diaryl/α,β-unsaturated/α-hetero) is 1. The van der Waals surface area contributed by atoms with E-state index in [0.717, 1.165) is 15.6 Å². The first-order chi connectivity index (χ1) is 14.1. The molecule has 0 spiro atoms. The number of carbonyl (C=O) groups is 1. The topological polar surface area (TPSA) is 65.3 Å². The van der Waals surface area contributed by atoms with E-state index in [1.807, 2.05) is 30.3 Å². The maximum atomic E-state index is 13.2. The predicted octanol–water partition coefficient (Wildman–Crippen LogP) is 4.79. The Morgan fingerprint density at radius 1 is 1.00 bits per heavy atom. The molecule has 1 aliphatic heterocycles. The normalized spacial score (nSPS) is 18.4. The lowest BCUT2D eigenvalue weighted by Gasteiger charge is -2.19. The number of pyridine rings is 1. The summed E-state index contributed by atoms with van der Waals surface area (Å²) in [5.74, 6) is -0.865. The molecule has 1 aliphatic rings. The molecular weight excluding hydrogens is 432 g/mol. The molecule has 144 valence electrons. The summed E-state index contributed by atoms with van der Waals surface area (Å²) < 4.78 is 0.863. The van der Waals surface area contributed by atoms with Gasteiger partial charge in [0.05, 0.1) is 0 Å². The van der Waals surface area contributed by atoms with Gasteiger partial charge in [-0.05, 0) is 35.4 Å². The number of nitrogens with zero attached hydrogens (tertiary/aromatic N) is 2. The molecule has 0 bridgehead atoms. The standard InChI is InChI=1S/C23H17BrN2O3/c1-15(16-5-3-2-4-6-16)21-20(17-11-13-25-14-12-17)23(29-26(21)28)22(27)18-7-9-19(24)10-8-18/h2-14,20,23H,1H2/t20-,23-/m1/s1. The lowest BCUT2D eigenvalue weighted by molar-refractivity contribution is -0.736. The molecule has 2 heterocycles. The van der Waals surface area contributed by atoms with Crippen molar-refractivity contribution in [2.75, 3.05) is 0 Å². The van der Waals surface area contributed by atoms with Crippen LogP contribution in [0.1, 0.15) is 27.4 Å². The minimum atomic E-state index is -0.994. The number of benzene rings is 2. The summed E-state index contributed by atoms with van der Waals surface area (Å²) >= 11 is 3.37. The molecule has 4 rings (SSSR count). The van der Waals surface area contributed by atoms with E-state index in [0.29, 0.717) is 21.8 Å². The van der Waals surface area contributed by atoms with Gasteiger partial charge in [0.25, 0.3) is 5.71 Å². The van der Waals surface area contributed by atoms with Crippen LogP contribution in [0.5, 0.6) is 0 Å². The number of halogens is 1. The second-order valence-corrected chi connectivity index (χ2v) is 7.56. The van der Waals surface area contributed by atoms with E-state index in [1.165, 1.54) is 0 Å². The molecule has 0 amide bonds. The van der Waals surface area contributed by atoms with Crippen LogP contribution in [0.2, 0.25) is 0 Å². The molecule has 0 saturated carbocycles. The van der Waals surface area contributed by atoms with Crippen LogP contribution in [0.3, 0.4) is 0 Å². The van der Waals surface area contributed by atoms with Crippen LogP contribution in [0, 0.1) is 5.21 Å². The van der Waals surface area contributed by atoms with Gasteiger partial charge >= 0.3 is 0 Å². The van der Waals surface area contributed by atoms with E-state index >= 15 is 0 Å². The molecular formula is C23H17BrN2O3. The highest BCUT2D eigenvalue weighted by Gasteiger charge is 2.46. The Morgan fingerprint density at radius 3 is 2.31 bits per heavy atom. The summed E-state index contributed by atoms with van der Waals surface area (Å²) in [6.45, 7) is 4.12. The van der Waals surface area contributed by atoms with Gasteiger partial charge in [-0.2, -0.15) is 0 Å². The third-order valence-electron chi connectivity index (χ3n) is 4.89. The van der Waals surface area contributed by atoms with Crippen molar-refractivity contribution in [3.8, 4) is 0 Å².